The molecule has 9 nitrogen and oxygen atoms in total. The molecule has 0 unspecified atom stereocenters. The van der Waals surface area contributed by atoms with Crippen molar-refractivity contribution < 1.29 is 9.53 Å². The largest absolute Gasteiger partial charge is 0.497 e. The summed E-state index contributed by atoms with van der Waals surface area (Å²) in [7, 11) is 1.65. The number of nitrogens with one attached hydrogen (secondary N) is 1. The van der Waals surface area contributed by atoms with E-state index in [1.807, 2.05) is 64.8 Å². The van der Waals surface area contributed by atoms with Crippen LogP contribution in [-0.2, 0) is 0 Å². The van der Waals surface area contributed by atoms with Gasteiger partial charge >= 0.3 is 6.03 Å². The van der Waals surface area contributed by atoms with Crippen LogP contribution in [0.3, 0.4) is 0 Å². The van der Waals surface area contributed by atoms with E-state index >= 15 is 0 Å². The number of nitrogens with zero attached hydrogens (tertiary/aromatic N) is 6. The van der Waals surface area contributed by atoms with Crippen molar-refractivity contribution in [2.75, 3.05) is 44.7 Å². The van der Waals surface area contributed by atoms with E-state index in [-0.39, 0.29) is 6.03 Å². The fraction of sp³-hybridized carbons (Fsp3) is 0.304. The van der Waals surface area contributed by atoms with Gasteiger partial charge in [0.25, 0.3) is 0 Å². The Morgan fingerprint density at radius 3 is 2.50 bits per heavy atom. The van der Waals surface area contributed by atoms with Gasteiger partial charge in [0.15, 0.2) is 11.5 Å². The number of benzene rings is 2. The molecule has 1 aliphatic heterocycles. The highest BCUT2D eigenvalue weighted by Gasteiger charge is 2.25. The number of aromatic nitrogens is 4. The molecule has 1 N–H and O–H groups in total. The van der Waals surface area contributed by atoms with Crippen molar-refractivity contribution in [2.45, 2.75) is 6.92 Å². The summed E-state index contributed by atoms with van der Waals surface area (Å²) in [6, 6.07) is 15.7. The molecule has 2 amide bonds. The summed E-state index contributed by atoms with van der Waals surface area (Å²) in [5.74, 6) is 2.29. The Morgan fingerprint density at radius 1 is 1.03 bits per heavy atom. The number of carbonyl (C=O) groups excluding carboxylic acids is 1. The number of amides is 2. The minimum Gasteiger partial charge on any atom is -0.497 e. The second-order valence-corrected chi connectivity index (χ2v) is 7.65. The van der Waals surface area contributed by atoms with Gasteiger partial charge in [0, 0.05) is 43.7 Å². The first-order chi connectivity index (χ1) is 15.7. The number of anilines is 1. The third-order valence-electron chi connectivity index (χ3n) is 5.75. The summed E-state index contributed by atoms with van der Waals surface area (Å²) in [5, 5.41) is 12.9. The Balaban J connectivity index is 1.59. The molecule has 0 atom stereocenters. The van der Waals surface area contributed by atoms with Gasteiger partial charge in [0.2, 0.25) is 5.95 Å². The number of carbonyl (C=O) groups is 1. The maximum Gasteiger partial charge on any atom is 0.317 e. The molecule has 1 aliphatic rings. The van der Waals surface area contributed by atoms with Crippen LogP contribution in [-0.4, -0.2) is 70.3 Å². The number of urea groups is 1. The summed E-state index contributed by atoms with van der Waals surface area (Å²) < 4.78 is 7.32. The monoisotopic (exact) mass is 431 g/mol. The average molecular weight is 432 g/mol. The standard InChI is InChI=1S/C23H25N7O2/c1-3-24-23(31)29-14-12-28(13-15-29)22-25-19-7-5-4-6-18(19)21-27-26-20(30(21)22)16-8-10-17(32-2)11-9-16/h4-11H,3,12-15H2,1-2H3,(H,24,31). The van der Waals surface area contributed by atoms with E-state index < -0.39 is 0 Å². The smallest absolute Gasteiger partial charge is 0.317 e. The molecule has 164 valence electrons. The van der Waals surface area contributed by atoms with Gasteiger partial charge in [-0.2, -0.15) is 0 Å². The fourth-order valence-electron chi connectivity index (χ4n) is 4.08. The van der Waals surface area contributed by atoms with Crippen molar-refractivity contribution in [1.82, 2.24) is 29.8 Å². The first-order valence-electron chi connectivity index (χ1n) is 10.8. The molecule has 3 heterocycles. The molecule has 4 aromatic rings. The van der Waals surface area contributed by atoms with Crippen molar-refractivity contribution in [2.24, 2.45) is 0 Å². The van der Waals surface area contributed by atoms with Crippen LogP contribution in [0.4, 0.5) is 10.7 Å². The molecular formula is C23H25N7O2. The maximum atomic E-state index is 12.2. The van der Waals surface area contributed by atoms with Gasteiger partial charge in [-0.3, -0.25) is 0 Å². The number of hydrogen-bond donors (Lipinski definition) is 1. The Bertz CT molecular complexity index is 1260. The van der Waals surface area contributed by atoms with Crippen LogP contribution in [0.5, 0.6) is 5.75 Å². The Morgan fingerprint density at radius 2 is 1.78 bits per heavy atom. The van der Waals surface area contributed by atoms with Crippen LogP contribution in [0.2, 0.25) is 0 Å². The minimum atomic E-state index is -0.0213. The zero-order valence-electron chi connectivity index (χ0n) is 18.2. The van der Waals surface area contributed by atoms with Crippen molar-refractivity contribution in [1.29, 1.82) is 0 Å². The normalized spacial score (nSPS) is 14.2. The van der Waals surface area contributed by atoms with Crippen LogP contribution in [0.1, 0.15) is 6.92 Å². The molecule has 5 rings (SSSR count). The second-order valence-electron chi connectivity index (χ2n) is 7.65. The molecule has 1 saturated heterocycles. The molecule has 2 aromatic heterocycles. The topological polar surface area (TPSA) is 87.9 Å². The number of para-hydroxylation sites is 1. The molecular weight excluding hydrogens is 406 g/mol. The number of rotatable bonds is 4. The Kier molecular flexibility index (Phi) is 5.22. The fourth-order valence-corrected chi connectivity index (χ4v) is 4.08. The summed E-state index contributed by atoms with van der Waals surface area (Å²) in [5.41, 5.74) is 2.56. The lowest BCUT2D eigenvalue weighted by molar-refractivity contribution is 0.194. The van der Waals surface area contributed by atoms with Crippen molar-refractivity contribution in [3.8, 4) is 17.1 Å². The SMILES string of the molecule is CCNC(=O)N1CCN(c2nc3ccccc3c3nnc(-c4ccc(OC)cc4)n23)CC1. The van der Waals surface area contributed by atoms with Gasteiger partial charge in [-0.1, -0.05) is 12.1 Å². The molecule has 1 fully saturated rings. The van der Waals surface area contributed by atoms with E-state index in [0.717, 1.165) is 39.6 Å². The predicted octanol–water partition coefficient (Wildman–Crippen LogP) is 2.80. The number of fused-ring (bicyclic) bond motifs is 3. The van der Waals surface area contributed by atoms with E-state index in [2.05, 4.69) is 20.4 Å². The summed E-state index contributed by atoms with van der Waals surface area (Å²) in [6.45, 7) is 5.16. The van der Waals surface area contributed by atoms with Crippen molar-refractivity contribution in [3.63, 3.8) is 0 Å². The van der Waals surface area contributed by atoms with E-state index in [9.17, 15) is 4.79 Å². The van der Waals surface area contributed by atoms with E-state index in [0.29, 0.717) is 32.7 Å². The quantitative estimate of drug-likeness (QED) is 0.535. The second kappa shape index (κ2) is 8.33. The van der Waals surface area contributed by atoms with Crippen LogP contribution < -0.4 is 15.0 Å². The third-order valence-corrected chi connectivity index (χ3v) is 5.75. The van der Waals surface area contributed by atoms with Gasteiger partial charge < -0.3 is 19.9 Å². The van der Waals surface area contributed by atoms with E-state index in [4.69, 9.17) is 9.72 Å². The van der Waals surface area contributed by atoms with Gasteiger partial charge in [0.1, 0.15) is 5.75 Å². The van der Waals surface area contributed by atoms with Crippen LogP contribution in [0.15, 0.2) is 48.5 Å². The predicted molar refractivity (Wildman–Crippen MR) is 123 cm³/mol. The van der Waals surface area contributed by atoms with Gasteiger partial charge in [-0.05, 0) is 43.3 Å². The molecule has 0 bridgehead atoms. The summed E-state index contributed by atoms with van der Waals surface area (Å²) in [6.07, 6.45) is 0. The average Bonchev–Trinajstić information content (AvgIpc) is 3.29. The number of methoxy groups -OCH3 is 1. The van der Waals surface area contributed by atoms with Gasteiger partial charge in [-0.15, -0.1) is 10.2 Å². The van der Waals surface area contributed by atoms with Crippen LogP contribution in [0, 0.1) is 0 Å². The molecule has 32 heavy (non-hydrogen) atoms. The zero-order chi connectivity index (χ0) is 22.1. The lowest BCUT2D eigenvalue weighted by atomic mass is 10.2. The first kappa shape index (κ1) is 20.0. The van der Waals surface area contributed by atoms with Crippen molar-refractivity contribution >= 4 is 28.5 Å². The number of piperazine rings is 1. The van der Waals surface area contributed by atoms with E-state index in [1.165, 1.54) is 0 Å². The lowest BCUT2D eigenvalue weighted by Crippen LogP contribution is -2.52. The maximum absolute atomic E-state index is 12.2. The third kappa shape index (κ3) is 3.45. The van der Waals surface area contributed by atoms with E-state index in [1.54, 1.807) is 7.11 Å². The van der Waals surface area contributed by atoms with Crippen LogP contribution >= 0.6 is 0 Å². The molecule has 0 radical (unpaired) electrons. The minimum absolute atomic E-state index is 0.0213. The highest BCUT2D eigenvalue weighted by Crippen LogP contribution is 2.29. The molecule has 2 aromatic carbocycles. The molecule has 0 spiro atoms. The van der Waals surface area contributed by atoms with Crippen LogP contribution in [0.25, 0.3) is 27.9 Å². The summed E-state index contributed by atoms with van der Waals surface area (Å²) >= 11 is 0. The Labute approximate surface area is 185 Å². The Hall–Kier alpha value is -3.88. The van der Waals surface area contributed by atoms with Gasteiger partial charge in [-0.25, -0.2) is 14.2 Å². The highest BCUT2D eigenvalue weighted by molar-refractivity contribution is 5.93. The highest BCUT2D eigenvalue weighted by atomic mass is 16.5. The number of hydrogen-bond acceptors (Lipinski definition) is 6. The lowest BCUT2D eigenvalue weighted by Gasteiger charge is -2.35. The van der Waals surface area contributed by atoms with Gasteiger partial charge in [0.05, 0.1) is 12.6 Å². The molecule has 0 aliphatic carbocycles. The zero-order valence-corrected chi connectivity index (χ0v) is 18.2. The summed E-state index contributed by atoms with van der Waals surface area (Å²) in [4.78, 5) is 21.3. The molecule has 9 heteroatoms. The van der Waals surface area contributed by atoms with Crippen molar-refractivity contribution in [3.05, 3.63) is 48.5 Å². The number of ether oxygens (including phenoxy) is 1. The first-order valence-corrected chi connectivity index (χ1v) is 10.8. The molecule has 0 saturated carbocycles.